The lowest BCUT2D eigenvalue weighted by atomic mass is 10.2. The van der Waals surface area contributed by atoms with Crippen LogP contribution >= 0.6 is 0 Å². The number of ether oxygens (including phenoxy) is 2. The van der Waals surface area contributed by atoms with E-state index in [2.05, 4.69) is 14.5 Å². The van der Waals surface area contributed by atoms with E-state index in [9.17, 15) is 17.6 Å². The van der Waals surface area contributed by atoms with Gasteiger partial charge in [0.2, 0.25) is 5.89 Å². The molecule has 0 spiro atoms. The van der Waals surface area contributed by atoms with Gasteiger partial charge in [0.1, 0.15) is 6.26 Å². The number of alkyl halides is 4. The Hall–Kier alpha value is -2.97. The summed E-state index contributed by atoms with van der Waals surface area (Å²) in [6.07, 6.45) is 7.31. The maximum Gasteiger partial charge on any atom is 0.387 e. The van der Waals surface area contributed by atoms with Crippen molar-refractivity contribution in [3.63, 3.8) is 0 Å². The lowest BCUT2D eigenvalue weighted by Crippen LogP contribution is -2.20. The zero-order valence-electron chi connectivity index (χ0n) is 14.2. The number of oxazole rings is 1. The molecule has 27 heavy (non-hydrogen) atoms. The SMILES string of the molecule is CC1=CC=CN(Cc2coc(-c3ccc(OC(F)F)c(OC(F)F)c3)n2)C1. The zero-order valence-corrected chi connectivity index (χ0v) is 14.2. The molecule has 1 aliphatic rings. The Labute approximate surface area is 152 Å². The fourth-order valence-electron chi connectivity index (χ4n) is 2.61. The highest BCUT2D eigenvalue weighted by molar-refractivity contribution is 5.60. The van der Waals surface area contributed by atoms with Gasteiger partial charge in [-0.1, -0.05) is 11.6 Å². The third kappa shape index (κ3) is 5.02. The van der Waals surface area contributed by atoms with E-state index in [1.165, 1.54) is 17.9 Å². The van der Waals surface area contributed by atoms with E-state index in [0.717, 1.165) is 18.7 Å². The number of halogens is 4. The van der Waals surface area contributed by atoms with E-state index < -0.39 is 24.7 Å². The third-order valence-corrected chi connectivity index (χ3v) is 3.67. The van der Waals surface area contributed by atoms with E-state index in [4.69, 9.17) is 4.42 Å². The Bertz CT molecular complexity index is 849. The predicted octanol–water partition coefficient (Wildman–Crippen LogP) is 4.82. The molecule has 1 aromatic carbocycles. The van der Waals surface area contributed by atoms with Crippen LogP contribution in [0, 0.1) is 0 Å². The van der Waals surface area contributed by atoms with Gasteiger partial charge < -0.3 is 18.8 Å². The summed E-state index contributed by atoms with van der Waals surface area (Å²) in [5.41, 5.74) is 2.13. The maximum atomic E-state index is 12.5. The smallest absolute Gasteiger partial charge is 0.387 e. The largest absolute Gasteiger partial charge is 0.444 e. The van der Waals surface area contributed by atoms with Crippen LogP contribution in [0.1, 0.15) is 12.6 Å². The fourth-order valence-corrected chi connectivity index (χ4v) is 2.61. The minimum Gasteiger partial charge on any atom is -0.444 e. The molecule has 9 heteroatoms. The van der Waals surface area contributed by atoms with E-state index >= 15 is 0 Å². The number of nitrogens with zero attached hydrogens (tertiary/aromatic N) is 2. The molecule has 0 fully saturated rings. The van der Waals surface area contributed by atoms with Gasteiger partial charge >= 0.3 is 13.2 Å². The van der Waals surface area contributed by atoms with Crippen molar-refractivity contribution in [2.45, 2.75) is 26.7 Å². The standard InChI is InChI=1S/C18H16F4N2O3/c1-11-3-2-6-24(8-11)9-13-10-25-16(23-13)12-4-5-14(26-17(19)20)15(7-12)27-18(21)22/h2-7,10,17-18H,8-9H2,1H3. The number of allylic oxidation sites excluding steroid dienone is 2. The average Bonchev–Trinajstić information content (AvgIpc) is 3.04. The first-order valence-electron chi connectivity index (χ1n) is 7.97. The second kappa shape index (κ2) is 8.15. The third-order valence-electron chi connectivity index (χ3n) is 3.67. The van der Waals surface area contributed by atoms with Crippen molar-refractivity contribution in [2.75, 3.05) is 6.54 Å². The van der Waals surface area contributed by atoms with Gasteiger partial charge in [0.15, 0.2) is 11.5 Å². The van der Waals surface area contributed by atoms with Crippen molar-refractivity contribution < 1.29 is 31.5 Å². The van der Waals surface area contributed by atoms with Crippen LogP contribution in [0.5, 0.6) is 11.5 Å². The summed E-state index contributed by atoms with van der Waals surface area (Å²) in [5, 5.41) is 0. The molecule has 3 rings (SSSR count). The first kappa shape index (κ1) is 18.8. The van der Waals surface area contributed by atoms with Crippen LogP contribution in [-0.4, -0.2) is 29.7 Å². The van der Waals surface area contributed by atoms with Crippen LogP contribution in [0.2, 0.25) is 0 Å². The molecule has 2 aromatic rings. The van der Waals surface area contributed by atoms with Gasteiger partial charge in [-0.3, -0.25) is 0 Å². The molecule has 1 aliphatic heterocycles. The number of hydrogen-bond donors (Lipinski definition) is 0. The van der Waals surface area contributed by atoms with Crippen molar-refractivity contribution in [2.24, 2.45) is 0 Å². The van der Waals surface area contributed by atoms with Crippen LogP contribution < -0.4 is 9.47 Å². The second-order valence-corrected chi connectivity index (χ2v) is 5.82. The van der Waals surface area contributed by atoms with Crippen LogP contribution in [0.15, 0.2) is 52.8 Å². The van der Waals surface area contributed by atoms with E-state index in [0.29, 0.717) is 17.8 Å². The van der Waals surface area contributed by atoms with Crippen molar-refractivity contribution in [1.82, 2.24) is 9.88 Å². The van der Waals surface area contributed by atoms with E-state index in [1.54, 1.807) is 0 Å². The average molecular weight is 384 g/mol. The van der Waals surface area contributed by atoms with Crippen molar-refractivity contribution in [3.05, 3.63) is 54.1 Å². The van der Waals surface area contributed by atoms with Crippen molar-refractivity contribution in [1.29, 1.82) is 0 Å². The highest BCUT2D eigenvalue weighted by Gasteiger charge is 2.18. The fraction of sp³-hybridized carbons (Fsp3) is 0.278. The molecule has 0 N–H and O–H groups in total. The Morgan fingerprint density at radius 3 is 2.59 bits per heavy atom. The van der Waals surface area contributed by atoms with Gasteiger partial charge in [0.05, 0.1) is 12.2 Å². The van der Waals surface area contributed by atoms with E-state index in [-0.39, 0.29) is 5.89 Å². The Morgan fingerprint density at radius 2 is 1.89 bits per heavy atom. The molecular formula is C18H16F4N2O3. The molecule has 0 unspecified atom stereocenters. The molecule has 0 radical (unpaired) electrons. The number of rotatable bonds is 7. The summed E-state index contributed by atoms with van der Waals surface area (Å²) in [7, 11) is 0. The number of hydrogen-bond acceptors (Lipinski definition) is 5. The summed E-state index contributed by atoms with van der Waals surface area (Å²) >= 11 is 0. The maximum absolute atomic E-state index is 12.5. The predicted molar refractivity (Wildman–Crippen MR) is 88.5 cm³/mol. The summed E-state index contributed by atoms with van der Waals surface area (Å²) in [4.78, 5) is 6.35. The minimum absolute atomic E-state index is 0.154. The molecule has 1 aromatic heterocycles. The topological polar surface area (TPSA) is 47.7 Å². The first-order valence-corrected chi connectivity index (χ1v) is 7.97. The normalized spacial score (nSPS) is 14.0. The minimum atomic E-state index is -3.19. The van der Waals surface area contributed by atoms with Crippen LogP contribution in [-0.2, 0) is 6.54 Å². The summed E-state index contributed by atoms with van der Waals surface area (Å²) < 4.78 is 63.8. The lowest BCUT2D eigenvalue weighted by molar-refractivity contribution is -0.0692. The highest BCUT2D eigenvalue weighted by atomic mass is 19.3. The van der Waals surface area contributed by atoms with Gasteiger partial charge in [-0.2, -0.15) is 17.6 Å². The van der Waals surface area contributed by atoms with Crippen molar-refractivity contribution >= 4 is 0 Å². The highest BCUT2D eigenvalue weighted by Crippen LogP contribution is 2.34. The van der Waals surface area contributed by atoms with Gasteiger partial charge in [-0.25, -0.2) is 4.98 Å². The molecule has 0 aliphatic carbocycles. The summed E-state index contributed by atoms with van der Waals surface area (Å²) in [6, 6.07) is 3.59. The monoisotopic (exact) mass is 384 g/mol. The zero-order chi connectivity index (χ0) is 19.4. The molecular weight excluding hydrogens is 368 g/mol. The molecule has 0 amide bonds. The van der Waals surface area contributed by atoms with Gasteiger partial charge in [0, 0.05) is 12.1 Å². The second-order valence-electron chi connectivity index (χ2n) is 5.82. The quantitative estimate of drug-likeness (QED) is 0.641. The summed E-state index contributed by atoms with van der Waals surface area (Å²) in [6.45, 7) is -3.09. The molecule has 0 saturated carbocycles. The first-order chi connectivity index (χ1) is 12.9. The molecule has 144 valence electrons. The van der Waals surface area contributed by atoms with Crippen molar-refractivity contribution in [3.8, 4) is 23.0 Å². The molecule has 0 saturated heterocycles. The van der Waals surface area contributed by atoms with Crippen LogP contribution in [0.4, 0.5) is 17.6 Å². The van der Waals surface area contributed by atoms with Crippen LogP contribution in [0.25, 0.3) is 11.5 Å². The summed E-state index contributed by atoms with van der Waals surface area (Å²) in [5.74, 6) is -0.871. The van der Waals surface area contributed by atoms with Gasteiger partial charge in [0.25, 0.3) is 0 Å². The number of aromatic nitrogens is 1. The molecule has 2 heterocycles. The molecule has 5 nitrogen and oxygen atoms in total. The Morgan fingerprint density at radius 1 is 1.15 bits per heavy atom. The Balaban J connectivity index is 1.78. The van der Waals surface area contributed by atoms with Crippen LogP contribution in [0.3, 0.4) is 0 Å². The number of benzene rings is 1. The van der Waals surface area contributed by atoms with Gasteiger partial charge in [-0.05, 0) is 37.4 Å². The van der Waals surface area contributed by atoms with Gasteiger partial charge in [-0.15, -0.1) is 0 Å². The van der Waals surface area contributed by atoms with E-state index in [1.807, 2.05) is 30.2 Å². The lowest BCUT2D eigenvalue weighted by Gasteiger charge is -2.21. The molecule has 0 atom stereocenters. The molecule has 0 bridgehead atoms. The Kier molecular flexibility index (Phi) is 5.68.